The van der Waals surface area contributed by atoms with Crippen molar-refractivity contribution in [3.05, 3.63) is 69.8 Å². The summed E-state index contributed by atoms with van der Waals surface area (Å²) < 4.78 is 1.57. The summed E-state index contributed by atoms with van der Waals surface area (Å²) in [5, 5.41) is 3.01. The van der Waals surface area contributed by atoms with Gasteiger partial charge in [-0.2, -0.15) is 0 Å². The van der Waals surface area contributed by atoms with Crippen LogP contribution in [0.25, 0.3) is 10.2 Å². The molecule has 3 aromatic rings. The van der Waals surface area contributed by atoms with Crippen molar-refractivity contribution < 1.29 is 4.79 Å². The molecule has 2 heterocycles. The molecule has 1 amide bonds. The Bertz CT molecular complexity index is 1040. The summed E-state index contributed by atoms with van der Waals surface area (Å²) >= 11 is 2.72. The van der Waals surface area contributed by atoms with Crippen LogP contribution in [0.15, 0.2) is 58.3 Å². The average Bonchev–Trinajstić information content (AvgIpc) is 3.13. The molecule has 0 fully saturated rings. The maximum Gasteiger partial charge on any atom is 0.263 e. The van der Waals surface area contributed by atoms with Crippen LogP contribution in [0, 0.1) is 6.92 Å². The number of carbonyl (C=O) groups is 1. The first-order chi connectivity index (χ1) is 13.0. The van der Waals surface area contributed by atoms with Gasteiger partial charge in [0.05, 0.1) is 11.1 Å². The third-order valence-corrected chi connectivity index (χ3v) is 6.05. The Balaban J connectivity index is 1.74. The lowest BCUT2D eigenvalue weighted by Gasteiger charge is -2.18. The summed E-state index contributed by atoms with van der Waals surface area (Å²) in [6.07, 6.45) is 1.66. The molecule has 0 N–H and O–H groups in total. The highest BCUT2D eigenvalue weighted by Crippen LogP contribution is 2.22. The molecule has 0 saturated carbocycles. The lowest BCUT2D eigenvalue weighted by molar-refractivity contribution is -0.127. The molecular weight excluding hydrogens is 378 g/mol. The average molecular weight is 400 g/mol. The lowest BCUT2D eigenvalue weighted by atomic mass is 10.1. The van der Waals surface area contributed by atoms with E-state index in [4.69, 9.17) is 0 Å². The second kappa shape index (κ2) is 8.54. The molecule has 0 saturated heterocycles. The molecule has 0 unspecified atom stereocenters. The van der Waals surface area contributed by atoms with Crippen LogP contribution < -0.4 is 5.56 Å². The van der Waals surface area contributed by atoms with Gasteiger partial charge in [-0.25, -0.2) is 4.98 Å². The number of hydrogen-bond acceptors (Lipinski definition) is 5. The highest BCUT2D eigenvalue weighted by molar-refractivity contribution is 7.99. The van der Waals surface area contributed by atoms with Crippen LogP contribution in [0.4, 0.5) is 0 Å². The molecule has 140 valence electrons. The number of allylic oxidation sites excluding steroid dienone is 1. The minimum absolute atomic E-state index is 0.00562. The topological polar surface area (TPSA) is 55.2 Å². The van der Waals surface area contributed by atoms with Crippen LogP contribution in [-0.4, -0.2) is 33.2 Å². The third kappa shape index (κ3) is 4.31. The number of aromatic nitrogens is 2. The molecule has 7 heteroatoms. The second-order valence-electron chi connectivity index (χ2n) is 6.20. The first-order valence-electron chi connectivity index (χ1n) is 8.51. The Kier molecular flexibility index (Phi) is 6.13. The van der Waals surface area contributed by atoms with Crippen molar-refractivity contribution >= 4 is 39.2 Å². The number of fused-ring (bicyclic) bond motifs is 1. The number of thioether (sulfide) groups is 1. The standard InChI is InChI=1S/C20H21N3O2S2/c1-4-10-23-19(25)16-9-11-26-18(16)21-20(23)27-13-17(24)22(3)12-15-8-6-5-7-14(15)2/h4-9,11H,1,10,12-13H2,2-3H3. The van der Waals surface area contributed by atoms with Crippen molar-refractivity contribution in [1.82, 2.24) is 14.5 Å². The van der Waals surface area contributed by atoms with Crippen LogP contribution >= 0.6 is 23.1 Å². The van der Waals surface area contributed by atoms with Crippen molar-refractivity contribution in [2.75, 3.05) is 12.8 Å². The maximum atomic E-state index is 12.6. The first kappa shape index (κ1) is 19.4. The predicted octanol–water partition coefficient (Wildman–Crippen LogP) is 3.70. The quantitative estimate of drug-likeness (QED) is 0.345. The van der Waals surface area contributed by atoms with Crippen LogP contribution in [0.2, 0.25) is 0 Å². The van der Waals surface area contributed by atoms with Crippen molar-refractivity contribution in [2.24, 2.45) is 0 Å². The van der Waals surface area contributed by atoms with Gasteiger partial charge in [0.25, 0.3) is 5.56 Å². The van der Waals surface area contributed by atoms with E-state index in [0.29, 0.717) is 28.5 Å². The molecule has 27 heavy (non-hydrogen) atoms. The summed E-state index contributed by atoms with van der Waals surface area (Å²) in [5.74, 6) is 0.219. The lowest BCUT2D eigenvalue weighted by Crippen LogP contribution is -2.29. The van der Waals surface area contributed by atoms with Gasteiger partial charge < -0.3 is 4.90 Å². The van der Waals surface area contributed by atoms with Gasteiger partial charge in [-0.15, -0.1) is 17.9 Å². The minimum Gasteiger partial charge on any atom is -0.341 e. The maximum absolute atomic E-state index is 12.6. The fourth-order valence-corrected chi connectivity index (χ4v) is 4.45. The van der Waals surface area contributed by atoms with E-state index < -0.39 is 0 Å². The van der Waals surface area contributed by atoms with E-state index in [1.807, 2.05) is 36.6 Å². The van der Waals surface area contributed by atoms with E-state index >= 15 is 0 Å². The fraction of sp³-hybridized carbons (Fsp3) is 0.250. The van der Waals surface area contributed by atoms with E-state index in [2.05, 4.69) is 11.6 Å². The van der Waals surface area contributed by atoms with Gasteiger partial charge >= 0.3 is 0 Å². The van der Waals surface area contributed by atoms with Gasteiger partial charge in [0.15, 0.2) is 5.16 Å². The first-order valence-corrected chi connectivity index (χ1v) is 10.4. The van der Waals surface area contributed by atoms with Crippen molar-refractivity contribution in [3.8, 4) is 0 Å². The number of rotatable bonds is 7. The Labute approximate surface area is 166 Å². The van der Waals surface area contributed by atoms with Gasteiger partial charge in [0, 0.05) is 20.1 Å². The number of aryl methyl sites for hydroxylation is 1. The molecule has 0 aliphatic rings. The zero-order valence-corrected chi connectivity index (χ0v) is 17.0. The normalized spacial score (nSPS) is 10.9. The van der Waals surface area contributed by atoms with Gasteiger partial charge in [-0.05, 0) is 29.5 Å². The highest BCUT2D eigenvalue weighted by atomic mass is 32.2. The summed E-state index contributed by atoms with van der Waals surface area (Å²) in [5.41, 5.74) is 2.19. The number of benzene rings is 1. The van der Waals surface area contributed by atoms with E-state index in [1.54, 1.807) is 28.7 Å². The van der Waals surface area contributed by atoms with Crippen LogP contribution in [0.1, 0.15) is 11.1 Å². The molecule has 0 spiro atoms. The molecule has 0 aliphatic carbocycles. The second-order valence-corrected chi connectivity index (χ2v) is 8.04. The van der Waals surface area contributed by atoms with E-state index in [0.717, 1.165) is 11.1 Å². The van der Waals surface area contributed by atoms with Crippen LogP contribution in [0.5, 0.6) is 0 Å². The number of nitrogens with zero attached hydrogens (tertiary/aromatic N) is 3. The Hall–Kier alpha value is -2.38. The highest BCUT2D eigenvalue weighted by Gasteiger charge is 2.15. The van der Waals surface area contributed by atoms with Crippen LogP contribution in [-0.2, 0) is 17.9 Å². The number of carbonyl (C=O) groups excluding carboxylic acids is 1. The Morgan fingerprint density at radius 1 is 1.37 bits per heavy atom. The SMILES string of the molecule is C=CCn1c(SCC(=O)N(C)Cc2ccccc2C)nc2sccc2c1=O. The summed E-state index contributed by atoms with van der Waals surface area (Å²) in [4.78, 5) is 32.2. The molecule has 2 aromatic heterocycles. The van der Waals surface area contributed by atoms with Gasteiger partial charge in [-0.3, -0.25) is 14.2 Å². The molecule has 3 rings (SSSR count). The number of thiophene rings is 1. The molecule has 1 aromatic carbocycles. The minimum atomic E-state index is -0.0932. The summed E-state index contributed by atoms with van der Waals surface area (Å²) in [6.45, 7) is 6.68. The molecule has 0 radical (unpaired) electrons. The zero-order valence-electron chi connectivity index (χ0n) is 15.3. The molecule has 0 bridgehead atoms. The van der Waals surface area contributed by atoms with Crippen molar-refractivity contribution in [1.29, 1.82) is 0 Å². The van der Waals surface area contributed by atoms with E-state index in [-0.39, 0.29) is 17.2 Å². The van der Waals surface area contributed by atoms with E-state index in [9.17, 15) is 9.59 Å². The van der Waals surface area contributed by atoms with Crippen LogP contribution in [0.3, 0.4) is 0 Å². The largest absolute Gasteiger partial charge is 0.341 e. The Morgan fingerprint density at radius 2 is 2.15 bits per heavy atom. The summed E-state index contributed by atoms with van der Waals surface area (Å²) in [7, 11) is 1.79. The number of amides is 1. The molecule has 0 atom stereocenters. The summed E-state index contributed by atoms with van der Waals surface area (Å²) in [6, 6.07) is 9.81. The predicted molar refractivity (Wildman–Crippen MR) is 112 cm³/mol. The fourth-order valence-electron chi connectivity index (χ4n) is 2.70. The number of hydrogen-bond donors (Lipinski definition) is 0. The Morgan fingerprint density at radius 3 is 2.89 bits per heavy atom. The van der Waals surface area contributed by atoms with Gasteiger partial charge in [-0.1, -0.05) is 42.1 Å². The van der Waals surface area contributed by atoms with Crippen molar-refractivity contribution in [2.45, 2.75) is 25.2 Å². The van der Waals surface area contributed by atoms with E-state index in [1.165, 1.54) is 23.1 Å². The van der Waals surface area contributed by atoms with Crippen molar-refractivity contribution in [3.63, 3.8) is 0 Å². The molecule has 5 nitrogen and oxygen atoms in total. The van der Waals surface area contributed by atoms with Gasteiger partial charge in [0.2, 0.25) is 5.91 Å². The monoisotopic (exact) mass is 399 g/mol. The third-order valence-electron chi connectivity index (χ3n) is 4.28. The zero-order chi connectivity index (χ0) is 19.4. The molecule has 0 aliphatic heterocycles. The smallest absolute Gasteiger partial charge is 0.263 e. The van der Waals surface area contributed by atoms with Gasteiger partial charge in [0.1, 0.15) is 4.83 Å². The molecular formula is C20H21N3O2S2.